The second kappa shape index (κ2) is 10.8. The number of hydrogen-bond donors (Lipinski definition) is 2. The maximum atomic E-state index is 10.2. The largest absolute Gasteiger partial charge is 0.491 e. The zero-order valence-electron chi connectivity index (χ0n) is 16.5. The third-order valence-electron chi connectivity index (χ3n) is 4.98. The van der Waals surface area contributed by atoms with Crippen molar-refractivity contribution in [2.24, 2.45) is 0 Å². The lowest BCUT2D eigenvalue weighted by molar-refractivity contribution is 0.0505. The Hall–Kier alpha value is -1.63. The number of hydrogen-bond acceptors (Lipinski definition) is 5. The molecular formula is C22H30ClN3O2. The summed E-state index contributed by atoms with van der Waals surface area (Å²) in [6.45, 7) is 6.66. The van der Waals surface area contributed by atoms with Gasteiger partial charge in [0.2, 0.25) is 0 Å². The van der Waals surface area contributed by atoms with Crippen molar-refractivity contribution in [1.29, 1.82) is 0 Å². The summed E-state index contributed by atoms with van der Waals surface area (Å²) in [6, 6.07) is 15.9. The highest BCUT2D eigenvalue weighted by Crippen LogP contribution is 2.14. The fourth-order valence-electron chi connectivity index (χ4n) is 3.28. The summed E-state index contributed by atoms with van der Waals surface area (Å²) in [4.78, 5) is 4.60. The number of ether oxygens (including phenoxy) is 1. The normalized spacial score (nSPS) is 16.8. The fourth-order valence-corrected chi connectivity index (χ4v) is 3.49. The van der Waals surface area contributed by atoms with Gasteiger partial charge in [-0.2, -0.15) is 0 Å². The zero-order valence-corrected chi connectivity index (χ0v) is 17.2. The molecule has 2 N–H and O–H groups in total. The number of likely N-dealkylation sites (N-methyl/N-ethyl adjacent to an activating group) is 1. The summed E-state index contributed by atoms with van der Waals surface area (Å²) < 4.78 is 5.75. The lowest BCUT2D eigenvalue weighted by Crippen LogP contribution is -2.47. The van der Waals surface area contributed by atoms with Gasteiger partial charge in [-0.15, -0.1) is 0 Å². The molecule has 28 heavy (non-hydrogen) atoms. The summed E-state index contributed by atoms with van der Waals surface area (Å²) in [5.74, 6) is 0.788. The Morgan fingerprint density at radius 1 is 1.04 bits per heavy atom. The summed E-state index contributed by atoms with van der Waals surface area (Å²) >= 11 is 6.01. The third kappa shape index (κ3) is 7.08. The molecule has 2 aromatic rings. The van der Waals surface area contributed by atoms with Gasteiger partial charge in [-0.25, -0.2) is 0 Å². The average molecular weight is 404 g/mol. The van der Waals surface area contributed by atoms with Gasteiger partial charge in [-0.05, 0) is 42.4 Å². The van der Waals surface area contributed by atoms with Crippen LogP contribution in [0.3, 0.4) is 0 Å². The van der Waals surface area contributed by atoms with E-state index in [2.05, 4.69) is 28.2 Å². The van der Waals surface area contributed by atoms with E-state index in [9.17, 15) is 5.11 Å². The molecule has 1 aliphatic rings. The van der Waals surface area contributed by atoms with Crippen molar-refractivity contribution in [2.45, 2.75) is 19.2 Å². The van der Waals surface area contributed by atoms with Crippen molar-refractivity contribution in [2.75, 3.05) is 46.4 Å². The maximum Gasteiger partial charge on any atom is 0.119 e. The molecule has 0 unspecified atom stereocenters. The molecule has 0 bridgehead atoms. The number of aliphatic hydroxyl groups is 1. The molecule has 1 heterocycles. The number of β-amino-alcohol motifs (C(OH)–C–C–N with tert-alkyl or cyclic N) is 1. The first-order valence-electron chi connectivity index (χ1n) is 9.84. The van der Waals surface area contributed by atoms with Crippen LogP contribution in [0.1, 0.15) is 11.1 Å². The predicted octanol–water partition coefficient (Wildman–Crippen LogP) is 2.62. The molecule has 0 saturated carbocycles. The number of aliphatic hydroxyl groups excluding tert-OH is 1. The van der Waals surface area contributed by atoms with E-state index in [1.165, 1.54) is 11.1 Å². The maximum absolute atomic E-state index is 10.2. The highest BCUT2D eigenvalue weighted by atomic mass is 35.5. The minimum atomic E-state index is -0.470. The molecule has 1 aliphatic heterocycles. The van der Waals surface area contributed by atoms with Crippen LogP contribution in [0, 0.1) is 0 Å². The van der Waals surface area contributed by atoms with Crippen LogP contribution >= 0.6 is 11.6 Å². The molecule has 1 atom stereocenters. The minimum Gasteiger partial charge on any atom is -0.491 e. The summed E-state index contributed by atoms with van der Waals surface area (Å²) in [5, 5.41) is 14.4. The van der Waals surface area contributed by atoms with Gasteiger partial charge < -0.3 is 20.1 Å². The van der Waals surface area contributed by atoms with Crippen LogP contribution in [-0.4, -0.2) is 67.4 Å². The number of piperazine rings is 1. The first-order valence-corrected chi connectivity index (χ1v) is 10.2. The lowest BCUT2D eigenvalue weighted by Gasteiger charge is -2.33. The van der Waals surface area contributed by atoms with E-state index in [0.29, 0.717) is 13.2 Å². The van der Waals surface area contributed by atoms with Crippen molar-refractivity contribution in [3.63, 3.8) is 0 Å². The molecule has 0 spiro atoms. The van der Waals surface area contributed by atoms with Crippen LogP contribution in [0.4, 0.5) is 0 Å². The topological polar surface area (TPSA) is 48.0 Å². The van der Waals surface area contributed by atoms with E-state index in [1.54, 1.807) is 0 Å². The quantitative estimate of drug-likeness (QED) is 0.674. The van der Waals surface area contributed by atoms with Crippen molar-refractivity contribution < 1.29 is 9.84 Å². The van der Waals surface area contributed by atoms with E-state index in [-0.39, 0.29) is 0 Å². The molecule has 5 nitrogen and oxygen atoms in total. The SMILES string of the molecule is CN1CCN(C[C@H](O)COc2ccc(CNCc3cccc(Cl)c3)cc2)CC1. The van der Waals surface area contributed by atoms with Crippen LogP contribution in [0.25, 0.3) is 0 Å². The Bertz CT molecular complexity index is 718. The number of benzene rings is 2. The van der Waals surface area contributed by atoms with Gasteiger partial charge in [0.15, 0.2) is 0 Å². The second-order valence-electron chi connectivity index (χ2n) is 7.45. The molecule has 1 fully saturated rings. The highest BCUT2D eigenvalue weighted by molar-refractivity contribution is 6.30. The molecular weight excluding hydrogens is 374 g/mol. The molecule has 1 saturated heterocycles. The number of nitrogens with zero attached hydrogens (tertiary/aromatic N) is 2. The van der Waals surface area contributed by atoms with Crippen LogP contribution in [0.2, 0.25) is 5.02 Å². The molecule has 152 valence electrons. The first kappa shape index (κ1) is 21.1. The molecule has 6 heteroatoms. The van der Waals surface area contributed by atoms with Gasteiger partial charge >= 0.3 is 0 Å². The van der Waals surface area contributed by atoms with Gasteiger partial charge in [0.05, 0.1) is 0 Å². The van der Waals surface area contributed by atoms with Crippen LogP contribution < -0.4 is 10.1 Å². The smallest absolute Gasteiger partial charge is 0.119 e. The van der Waals surface area contributed by atoms with E-state index in [0.717, 1.165) is 50.0 Å². The summed E-state index contributed by atoms with van der Waals surface area (Å²) in [5.41, 5.74) is 2.36. The Morgan fingerprint density at radius 3 is 2.46 bits per heavy atom. The Morgan fingerprint density at radius 2 is 1.75 bits per heavy atom. The molecule has 0 aliphatic carbocycles. The van der Waals surface area contributed by atoms with Crippen LogP contribution in [0.15, 0.2) is 48.5 Å². The van der Waals surface area contributed by atoms with Gasteiger partial charge in [-0.1, -0.05) is 35.9 Å². The predicted molar refractivity (Wildman–Crippen MR) is 114 cm³/mol. The number of nitrogens with one attached hydrogen (secondary N) is 1. The average Bonchev–Trinajstić information content (AvgIpc) is 2.69. The molecule has 2 aromatic carbocycles. The second-order valence-corrected chi connectivity index (χ2v) is 7.88. The highest BCUT2D eigenvalue weighted by Gasteiger charge is 2.17. The van der Waals surface area contributed by atoms with E-state index < -0.39 is 6.10 Å². The Balaban J connectivity index is 1.35. The molecule has 0 aromatic heterocycles. The van der Waals surface area contributed by atoms with Crippen molar-refractivity contribution in [3.8, 4) is 5.75 Å². The minimum absolute atomic E-state index is 0.318. The monoisotopic (exact) mass is 403 g/mol. The lowest BCUT2D eigenvalue weighted by atomic mass is 10.2. The van der Waals surface area contributed by atoms with Gasteiger partial charge in [0.1, 0.15) is 18.5 Å². The van der Waals surface area contributed by atoms with Crippen molar-refractivity contribution >= 4 is 11.6 Å². The van der Waals surface area contributed by atoms with Crippen LogP contribution in [-0.2, 0) is 13.1 Å². The number of halogens is 1. The van der Waals surface area contributed by atoms with E-state index in [1.807, 2.05) is 42.5 Å². The van der Waals surface area contributed by atoms with Gasteiger partial charge in [-0.3, -0.25) is 4.90 Å². The fraction of sp³-hybridized carbons (Fsp3) is 0.455. The van der Waals surface area contributed by atoms with Gasteiger partial charge in [0.25, 0.3) is 0 Å². The van der Waals surface area contributed by atoms with E-state index >= 15 is 0 Å². The number of rotatable bonds is 9. The Labute approximate surface area is 172 Å². The van der Waals surface area contributed by atoms with Crippen molar-refractivity contribution in [1.82, 2.24) is 15.1 Å². The van der Waals surface area contributed by atoms with Gasteiger partial charge in [0, 0.05) is 50.8 Å². The van der Waals surface area contributed by atoms with Crippen LogP contribution in [0.5, 0.6) is 5.75 Å². The molecule has 3 rings (SSSR count). The zero-order chi connectivity index (χ0) is 19.8. The van der Waals surface area contributed by atoms with Crippen molar-refractivity contribution in [3.05, 3.63) is 64.7 Å². The molecule has 0 radical (unpaired) electrons. The Kier molecular flexibility index (Phi) is 8.13. The molecule has 0 amide bonds. The summed E-state index contributed by atoms with van der Waals surface area (Å²) in [7, 11) is 2.13. The standard InChI is InChI=1S/C22H30ClN3O2/c1-25-9-11-26(12-10-25)16-21(27)17-28-22-7-5-18(6-8-22)14-24-15-19-3-2-4-20(23)13-19/h2-8,13,21,24,27H,9-12,14-17H2,1H3/t21-/m0/s1. The van der Waals surface area contributed by atoms with E-state index in [4.69, 9.17) is 16.3 Å². The third-order valence-corrected chi connectivity index (χ3v) is 5.21. The summed E-state index contributed by atoms with van der Waals surface area (Å²) in [6.07, 6.45) is -0.470. The first-order chi connectivity index (χ1) is 13.6.